The third-order valence-electron chi connectivity index (χ3n) is 5.57. The van der Waals surface area contributed by atoms with E-state index in [4.69, 9.17) is 0 Å². The third-order valence-corrected chi connectivity index (χ3v) is 5.57. The number of nitrogens with zero attached hydrogens (tertiary/aromatic N) is 4. The standard InChI is InChI=1S/C17H28N4/c1-20-16(18-19-17(20)14-9-10-14)12-21(11-13-7-8-13)15-5-3-2-4-6-15/h13-15H,2-12H2,1H3. The third kappa shape index (κ3) is 3.15. The second-order valence-electron chi connectivity index (χ2n) is 7.47. The van der Waals surface area contributed by atoms with Crippen LogP contribution in [0.15, 0.2) is 0 Å². The van der Waals surface area contributed by atoms with E-state index in [1.807, 2.05) is 0 Å². The summed E-state index contributed by atoms with van der Waals surface area (Å²) in [5.41, 5.74) is 0. The highest BCUT2D eigenvalue weighted by atomic mass is 15.3. The van der Waals surface area contributed by atoms with Crippen molar-refractivity contribution in [2.45, 2.75) is 76.3 Å². The van der Waals surface area contributed by atoms with E-state index in [1.54, 1.807) is 0 Å². The lowest BCUT2D eigenvalue weighted by Crippen LogP contribution is -2.38. The van der Waals surface area contributed by atoms with Crippen molar-refractivity contribution in [3.05, 3.63) is 11.6 Å². The van der Waals surface area contributed by atoms with Gasteiger partial charge in [0.1, 0.15) is 11.6 Å². The molecule has 0 aromatic carbocycles. The predicted octanol–water partition coefficient (Wildman–Crippen LogP) is 3.24. The van der Waals surface area contributed by atoms with Gasteiger partial charge < -0.3 is 4.57 Å². The van der Waals surface area contributed by atoms with E-state index in [-0.39, 0.29) is 0 Å². The minimum Gasteiger partial charge on any atom is -0.317 e. The van der Waals surface area contributed by atoms with Crippen LogP contribution >= 0.6 is 0 Å². The Balaban J connectivity index is 1.47. The van der Waals surface area contributed by atoms with Gasteiger partial charge in [-0.1, -0.05) is 19.3 Å². The van der Waals surface area contributed by atoms with Gasteiger partial charge in [0.15, 0.2) is 0 Å². The number of rotatable bonds is 6. The van der Waals surface area contributed by atoms with Gasteiger partial charge in [-0.25, -0.2) is 0 Å². The van der Waals surface area contributed by atoms with Crippen LogP contribution in [-0.2, 0) is 13.6 Å². The first-order chi connectivity index (χ1) is 10.3. The lowest BCUT2D eigenvalue weighted by atomic mass is 9.94. The Morgan fingerprint density at radius 3 is 2.43 bits per heavy atom. The Hall–Kier alpha value is -0.900. The summed E-state index contributed by atoms with van der Waals surface area (Å²) >= 11 is 0. The minimum absolute atomic E-state index is 0.697. The Morgan fingerprint density at radius 1 is 1.00 bits per heavy atom. The smallest absolute Gasteiger partial charge is 0.146 e. The zero-order valence-corrected chi connectivity index (χ0v) is 13.3. The van der Waals surface area contributed by atoms with Crippen LogP contribution in [0.4, 0.5) is 0 Å². The van der Waals surface area contributed by atoms with Crippen molar-refractivity contribution in [1.82, 2.24) is 19.7 Å². The van der Waals surface area contributed by atoms with Crippen molar-refractivity contribution >= 4 is 0 Å². The van der Waals surface area contributed by atoms with E-state index in [9.17, 15) is 0 Å². The van der Waals surface area contributed by atoms with E-state index in [0.29, 0.717) is 5.92 Å². The van der Waals surface area contributed by atoms with Crippen LogP contribution in [-0.4, -0.2) is 32.3 Å². The SMILES string of the molecule is Cn1c(CN(CC2CC2)C2CCCCC2)nnc1C1CC1. The highest BCUT2D eigenvalue weighted by molar-refractivity contribution is 5.08. The molecular formula is C17H28N4. The molecule has 1 aromatic heterocycles. The average Bonchev–Trinajstić information content (AvgIpc) is 3.42. The summed E-state index contributed by atoms with van der Waals surface area (Å²) in [6, 6.07) is 0.792. The van der Waals surface area contributed by atoms with E-state index in [2.05, 4.69) is 26.7 Å². The molecule has 3 saturated carbocycles. The molecule has 0 aliphatic heterocycles. The lowest BCUT2D eigenvalue weighted by Gasteiger charge is -2.34. The molecule has 4 nitrogen and oxygen atoms in total. The summed E-state index contributed by atoms with van der Waals surface area (Å²) in [7, 11) is 2.17. The van der Waals surface area contributed by atoms with E-state index < -0.39 is 0 Å². The molecule has 0 atom stereocenters. The normalized spacial score (nSPS) is 23.9. The van der Waals surface area contributed by atoms with Crippen molar-refractivity contribution < 1.29 is 0 Å². The van der Waals surface area contributed by atoms with Gasteiger partial charge in [0, 0.05) is 25.6 Å². The molecule has 0 bridgehead atoms. The fourth-order valence-electron chi connectivity index (χ4n) is 3.81. The van der Waals surface area contributed by atoms with Crippen molar-refractivity contribution in [1.29, 1.82) is 0 Å². The van der Waals surface area contributed by atoms with Crippen molar-refractivity contribution in [2.75, 3.05) is 6.54 Å². The first kappa shape index (κ1) is 13.7. The fourth-order valence-corrected chi connectivity index (χ4v) is 3.81. The molecule has 0 unspecified atom stereocenters. The van der Waals surface area contributed by atoms with Crippen LogP contribution in [0.1, 0.15) is 75.4 Å². The summed E-state index contributed by atoms with van der Waals surface area (Å²) in [5, 5.41) is 8.97. The summed E-state index contributed by atoms with van der Waals surface area (Å²) in [5.74, 6) is 4.06. The van der Waals surface area contributed by atoms with Crippen LogP contribution in [0, 0.1) is 5.92 Å². The largest absolute Gasteiger partial charge is 0.317 e. The summed E-state index contributed by atoms with van der Waals surface area (Å²) in [4.78, 5) is 2.73. The van der Waals surface area contributed by atoms with Gasteiger partial charge >= 0.3 is 0 Å². The zero-order chi connectivity index (χ0) is 14.2. The predicted molar refractivity (Wildman–Crippen MR) is 83.0 cm³/mol. The molecule has 0 spiro atoms. The maximum Gasteiger partial charge on any atom is 0.146 e. The minimum atomic E-state index is 0.697. The quantitative estimate of drug-likeness (QED) is 0.806. The zero-order valence-electron chi connectivity index (χ0n) is 13.3. The van der Waals surface area contributed by atoms with Crippen molar-refractivity contribution in [3.63, 3.8) is 0 Å². The van der Waals surface area contributed by atoms with Crippen LogP contribution in [0.2, 0.25) is 0 Å². The highest BCUT2D eigenvalue weighted by Gasteiger charge is 2.32. The molecule has 1 aromatic rings. The second kappa shape index (κ2) is 5.71. The highest BCUT2D eigenvalue weighted by Crippen LogP contribution is 2.39. The van der Waals surface area contributed by atoms with E-state index >= 15 is 0 Å². The molecule has 0 saturated heterocycles. The molecule has 3 aliphatic rings. The van der Waals surface area contributed by atoms with Crippen molar-refractivity contribution in [2.24, 2.45) is 13.0 Å². The van der Waals surface area contributed by atoms with Gasteiger partial charge in [0.2, 0.25) is 0 Å². The van der Waals surface area contributed by atoms with Crippen LogP contribution in [0.5, 0.6) is 0 Å². The van der Waals surface area contributed by atoms with Gasteiger partial charge in [0.05, 0.1) is 6.54 Å². The van der Waals surface area contributed by atoms with E-state index in [0.717, 1.165) is 18.5 Å². The molecule has 21 heavy (non-hydrogen) atoms. The van der Waals surface area contributed by atoms with Crippen LogP contribution < -0.4 is 0 Å². The Labute approximate surface area is 127 Å². The van der Waals surface area contributed by atoms with Gasteiger partial charge in [-0.15, -0.1) is 10.2 Å². The van der Waals surface area contributed by atoms with Gasteiger partial charge in [-0.05, 0) is 44.4 Å². The summed E-state index contributed by atoms with van der Waals surface area (Å²) in [6.07, 6.45) is 12.5. The summed E-state index contributed by atoms with van der Waals surface area (Å²) in [6.45, 7) is 2.30. The maximum absolute atomic E-state index is 4.51. The average molecular weight is 288 g/mol. The molecule has 1 heterocycles. The monoisotopic (exact) mass is 288 g/mol. The summed E-state index contributed by atoms with van der Waals surface area (Å²) < 4.78 is 2.28. The lowest BCUT2D eigenvalue weighted by molar-refractivity contribution is 0.137. The molecule has 0 N–H and O–H groups in total. The molecule has 4 rings (SSSR count). The molecule has 0 radical (unpaired) electrons. The molecule has 116 valence electrons. The molecule has 3 fully saturated rings. The Bertz CT molecular complexity index is 481. The van der Waals surface area contributed by atoms with Crippen LogP contribution in [0.3, 0.4) is 0 Å². The van der Waals surface area contributed by atoms with Crippen LogP contribution in [0.25, 0.3) is 0 Å². The number of hydrogen-bond acceptors (Lipinski definition) is 3. The first-order valence-electron chi connectivity index (χ1n) is 8.93. The fraction of sp³-hybridized carbons (Fsp3) is 0.882. The molecule has 4 heteroatoms. The molecule has 3 aliphatic carbocycles. The maximum atomic E-state index is 4.51. The van der Waals surface area contributed by atoms with Gasteiger partial charge in [-0.2, -0.15) is 0 Å². The van der Waals surface area contributed by atoms with E-state index in [1.165, 1.54) is 76.0 Å². The van der Waals surface area contributed by atoms with Gasteiger partial charge in [0.25, 0.3) is 0 Å². The molecule has 0 amide bonds. The second-order valence-corrected chi connectivity index (χ2v) is 7.47. The number of aromatic nitrogens is 3. The Morgan fingerprint density at radius 2 is 1.76 bits per heavy atom. The van der Waals surface area contributed by atoms with Gasteiger partial charge in [-0.3, -0.25) is 4.90 Å². The van der Waals surface area contributed by atoms with Crippen molar-refractivity contribution in [3.8, 4) is 0 Å². The first-order valence-corrected chi connectivity index (χ1v) is 8.93. The number of hydrogen-bond donors (Lipinski definition) is 0. The topological polar surface area (TPSA) is 34.0 Å². The molecular weight excluding hydrogens is 260 g/mol. The Kier molecular flexibility index (Phi) is 3.74.